The van der Waals surface area contributed by atoms with Crippen molar-refractivity contribution in [1.29, 1.82) is 0 Å². The first kappa shape index (κ1) is 21.2. The number of amides is 3. The van der Waals surface area contributed by atoms with Gasteiger partial charge in [-0.3, -0.25) is 14.4 Å². The SMILES string of the molecule is CN1C(=O)c2cc3ccccc3n2CC1(C)C(=O)NCC(=O)NCCC1=CCCCC1. The fraction of sp³-hybridized carbons (Fsp3) is 0.458. The number of rotatable bonds is 6. The van der Waals surface area contributed by atoms with Crippen LogP contribution in [-0.2, 0) is 16.1 Å². The molecule has 31 heavy (non-hydrogen) atoms. The lowest BCUT2D eigenvalue weighted by Gasteiger charge is -2.41. The molecule has 1 aliphatic carbocycles. The predicted molar refractivity (Wildman–Crippen MR) is 120 cm³/mol. The number of carbonyl (C=O) groups is 3. The Balaban J connectivity index is 1.38. The molecule has 7 heteroatoms. The maximum absolute atomic E-state index is 13.1. The summed E-state index contributed by atoms with van der Waals surface area (Å²) in [5.41, 5.74) is 1.82. The van der Waals surface area contributed by atoms with Gasteiger partial charge in [-0.25, -0.2) is 0 Å². The number of hydrogen-bond acceptors (Lipinski definition) is 3. The van der Waals surface area contributed by atoms with Gasteiger partial charge < -0.3 is 20.1 Å². The number of nitrogens with zero attached hydrogens (tertiary/aromatic N) is 2. The summed E-state index contributed by atoms with van der Waals surface area (Å²) < 4.78 is 1.90. The largest absolute Gasteiger partial charge is 0.354 e. The molecule has 0 radical (unpaired) electrons. The van der Waals surface area contributed by atoms with Crippen molar-refractivity contribution < 1.29 is 14.4 Å². The van der Waals surface area contributed by atoms with E-state index in [0.717, 1.165) is 30.2 Å². The van der Waals surface area contributed by atoms with E-state index in [1.165, 1.54) is 23.3 Å². The lowest BCUT2D eigenvalue weighted by molar-refractivity contribution is -0.134. The Hall–Kier alpha value is -3.09. The average molecular weight is 423 g/mol. The van der Waals surface area contributed by atoms with Crippen LogP contribution >= 0.6 is 0 Å². The number of allylic oxidation sites excluding steroid dienone is 1. The molecule has 0 fully saturated rings. The van der Waals surface area contributed by atoms with E-state index >= 15 is 0 Å². The van der Waals surface area contributed by atoms with Gasteiger partial charge in [-0.1, -0.05) is 29.8 Å². The van der Waals surface area contributed by atoms with E-state index in [4.69, 9.17) is 0 Å². The van der Waals surface area contributed by atoms with E-state index in [2.05, 4.69) is 16.7 Å². The Bertz CT molecular complexity index is 1050. The second-order valence-corrected chi connectivity index (χ2v) is 8.70. The quantitative estimate of drug-likeness (QED) is 0.702. The maximum Gasteiger partial charge on any atom is 0.271 e. The predicted octanol–water partition coefficient (Wildman–Crippen LogP) is 2.61. The van der Waals surface area contributed by atoms with Gasteiger partial charge in [-0.2, -0.15) is 0 Å². The molecule has 1 aromatic carbocycles. The third-order valence-corrected chi connectivity index (χ3v) is 6.59. The van der Waals surface area contributed by atoms with E-state index in [1.807, 2.05) is 34.9 Å². The first-order chi connectivity index (χ1) is 14.9. The van der Waals surface area contributed by atoms with Crippen molar-refractivity contribution in [2.24, 2.45) is 0 Å². The van der Waals surface area contributed by atoms with Crippen molar-refractivity contribution in [2.75, 3.05) is 20.1 Å². The van der Waals surface area contributed by atoms with Crippen molar-refractivity contribution in [1.82, 2.24) is 20.1 Å². The van der Waals surface area contributed by atoms with Crippen LogP contribution < -0.4 is 10.6 Å². The smallest absolute Gasteiger partial charge is 0.271 e. The molecule has 2 aromatic rings. The second kappa shape index (κ2) is 8.57. The number of para-hydroxylation sites is 1. The summed E-state index contributed by atoms with van der Waals surface area (Å²) in [6, 6.07) is 9.62. The van der Waals surface area contributed by atoms with Crippen LogP contribution in [0.2, 0.25) is 0 Å². The number of fused-ring (bicyclic) bond motifs is 3. The lowest BCUT2D eigenvalue weighted by atomic mass is 9.95. The van der Waals surface area contributed by atoms with Crippen LogP contribution in [0.1, 0.15) is 49.5 Å². The summed E-state index contributed by atoms with van der Waals surface area (Å²) in [6.07, 6.45) is 7.84. The molecule has 1 unspecified atom stereocenters. The topological polar surface area (TPSA) is 83.4 Å². The summed E-state index contributed by atoms with van der Waals surface area (Å²) in [4.78, 5) is 39.7. The Labute approximate surface area is 182 Å². The highest BCUT2D eigenvalue weighted by molar-refractivity contribution is 6.03. The summed E-state index contributed by atoms with van der Waals surface area (Å²) in [7, 11) is 1.64. The second-order valence-electron chi connectivity index (χ2n) is 8.70. The van der Waals surface area contributed by atoms with Crippen LogP contribution in [0, 0.1) is 0 Å². The molecule has 4 rings (SSSR count). The van der Waals surface area contributed by atoms with Gasteiger partial charge in [0.25, 0.3) is 5.91 Å². The minimum atomic E-state index is -1.08. The van der Waals surface area contributed by atoms with Crippen molar-refractivity contribution in [2.45, 2.75) is 51.1 Å². The third kappa shape index (κ3) is 4.09. The molecule has 2 heterocycles. The molecule has 7 nitrogen and oxygen atoms in total. The molecular weight excluding hydrogens is 392 g/mol. The van der Waals surface area contributed by atoms with Gasteiger partial charge in [0.2, 0.25) is 11.8 Å². The van der Waals surface area contributed by atoms with E-state index in [-0.39, 0.29) is 24.3 Å². The fourth-order valence-electron chi connectivity index (χ4n) is 4.50. The van der Waals surface area contributed by atoms with Gasteiger partial charge in [-0.05, 0) is 51.2 Å². The molecular formula is C24H30N4O3. The molecule has 3 amide bonds. The molecule has 2 N–H and O–H groups in total. The first-order valence-electron chi connectivity index (χ1n) is 11.0. The molecule has 0 saturated heterocycles. The number of likely N-dealkylation sites (N-methyl/N-ethyl adjacent to an activating group) is 1. The summed E-state index contributed by atoms with van der Waals surface area (Å²) in [5.74, 6) is -0.757. The van der Waals surface area contributed by atoms with Gasteiger partial charge in [0.05, 0.1) is 13.1 Å². The maximum atomic E-state index is 13.1. The highest BCUT2D eigenvalue weighted by atomic mass is 16.2. The monoisotopic (exact) mass is 422 g/mol. The Kier molecular flexibility index (Phi) is 5.85. The van der Waals surface area contributed by atoms with Crippen LogP contribution in [-0.4, -0.2) is 52.9 Å². The van der Waals surface area contributed by atoms with Gasteiger partial charge in [0.15, 0.2) is 0 Å². The zero-order valence-corrected chi connectivity index (χ0v) is 18.2. The minimum Gasteiger partial charge on any atom is -0.354 e. The highest BCUT2D eigenvalue weighted by Crippen LogP contribution is 2.31. The summed E-state index contributed by atoms with van der Waals surface area (Å²) in [6.45, 7) is 2.55. The van der Waals surface area contributed by atoms with E-state index < -0.39 is 5.54 Å². The third-order valence-electron chi connectivity index (χ3n) is 6.59. The zero-order valence-electron chi connectivity index (χ0n) is 18.2. The van der Waals surface area contributed by atoms with Gasteiger partial charge in [0, 0.05) is 24.5 Å². The Morgan fingerprint density at radius 2 is 1.97 bits per heavy atom. The van der Waals surface area contributed by atoms with Crippen LogP contribution in [0.15, 0.2) is 42.0 Å². The molecule has 1 aromatic heterocycles. The number of nitrogens with one attached hydrogen (secondary N) is 2. The normalized spacial score (nSPS) is 20.9. The van der Waals surface area contributed by atoms with Crippen LogP contribution in [0.4, 0.5) is 0 Å². The standard InChI is InChI=1S/C24H30N4O3/c1-24(23(31)26-15-21(29)25-13-12-17-8-4-3-5-9-17)16-28-19-11-7-6-10-18(19)14-20(28)22(30)27(24)2/h6-8,10-11,14H,3-5,9,12-13,15-16H2,1-2H3,(H,25,29)(H,26,31). The minimum absolute atomic E-state index is 0.102. The molecule has 164 valence electrons. The van der Waals surface area contributed by atoms with E-state index in [1.54, 1.807) is 14.0 Å². The van der Waals surface area contributed by atoms with E-state index in [9.17, 15) is 14.4 Å². The van der Waals surface area contributed by atoms with Crippen molar-refractivity contribution in [3.8, 4) is 0 Å². The van der Waals surface area contributed by atoms with Crippen LogP contribution in [0.25, 0.3) is 10.9 Å². The van der Waals surface area contributed by atoms with Crippen molar-refractivity contribution in [3.05, 3.63) is 47.7 Å². The molecule has 0 spiro atoms. The number of carbonyl (C=O) groups excluding carboxylic acids is 3. The van der Waals surface area contributed by atoms with Gasteiger partial charge in [0.1, 0.15) is 11.2 Å². The number of aromatic nitrogens is 1. The van der Waals surface area contributed by atoms with E-state index in [0.29, 0.717) is 18.8 Å². The van der Waals surface area contributed by atoms with Gasteiger partial charge in [-0.15, -0.1) is 0 Å². The fourth-order valence-corrected chi connectivity index (χ4v) is 4.50. The molecule has 0 saturated carbocycles. The van der Waals surface area contributed by atoms with Gasteiger partial charge >= 0.3 is 0 Å². The van der Waals surface area contributed by atoms with Crippen molar-refractivity contribution >= 4 is 28.6 Å². The molecule has 1 atom stereocenters. The Morgan fingerprint density at radius 3 is 2.74 bits per heavy atom. The molecule has 1 aliphatic heterocycles. The Morgan fingerprint density at radius 1 is 1.16 bits per heavy atom. The molecule has 0 bridgehead atoms. The van der Waals surface area contributed by atoms with Crippen LogP contribution in [0.3, 0.4) is 0 Å². The van der Waals surface area contributed by atoms with Crippen LogP contribution in [0.5, 0.6) is 0 Å². The summed E-state index contributed by atoms with van der Waals surface area (Å²) >= 11 is 0. The van der Waals surface area contributed by atoms with Crippen molar-refractivity contribution in [3.63, 3.8) is 0 Å². The first-order valence-corrected chi connectivity index (χ1v) is 11.0. The highest BCUT2D eigenvalue weighted by Gasteiger charge is 2.45. The lowest BCUT2D eigenvalue weighted by Crippen LogP contribution is -2.63. The number of benzene rings is 1. The number of hydrogen-bond donors (Lipinski definition) is 2. The molecule has 2 aliphatic rings. The zero-order chi connectivity index (χ0) is 22.0. The summed E-state index contributed by atoms with van der Waals surface area (Å²) in [5, 5.41) is 6.58. The average Bonchev–Trinajstić information content (AvgIpc) is 3.15.